The average Bonchev–Trinajstić information content (AvgIpc) is 3.35. The second-order valence-electron chi connectivity index (χ2n) is 7.24. The maximum atomic E-state index is 12.4. The van der Waals surface area contributed by atoms with Crippen LogP contribution in [0.5, 0.6) is 5.75 Å². The summed E-state index contributed by atoms with van der Waals surface area (Å²) >= 11 is 0. The normalized spacial score (nSPS) is 14.6. The minimum atomic E-state index is -3.39. The molecule has 0 radical (unpaired) electrons. The molecular weight excluding hydrogens is 366 g/mol. The first kappa shape index (κ1) is 17.9. The van der Waals surface area contributed by atoms with E-state index < -0.39 is 9.84 Å². The number of pyridine rings is 1. The van der Waals surface area contributed by atoms with Crippen molar-refractivity contribution in [2.45, 2.75) is 24.7 Å². The van der Waals surface area contributed by atoms with Gasteiger partial charge >= 0.3 is 0 Å². The molecule has 0 amide bonds. The third-order valence-corrected chi connectivity index (χ3v) is 5.92. The van der Waals surface area contributed by atoms with E-state index in [4.69, 9.17) is 9.15 Å². The number of benzene rings is 1. The number of sulfone groups is 1. The minimum absolute atomic E-state index is 0.162. The van der Waals surface area contributed by atoms with E-state index in [9.17, 15) is 13.2 Å². The van der Waals surface area contributed by atoms with Crippen LogP contribution >= 0.6 is 0 Å². The maximum Gasteiger partial charge on any atom is 0.261 e. The van der Waals surface area contributed by atoms with Crippen molar-refractivity contribution in [2.75, 3.05) is 12.9 Å². The molecule has 1 aliphatic carbocycles. The average molecular weight is 387 g/mol. The molecule has 27 heavy (non-hydrogen) atoms. The quantitative estimate of drug-likeness (QED) is 0.671. The Labute approximate surface area is 157 Å². The Morgan fingerprint density at radius 1 is 1.22 bits per heavy atom. The van der Waals surface area contributed by atoms with E-state index in [0.717, 1.165) is 12.8 Å². The zero-order chi connectivity index (χ0) is 19.3. The molecule has 1 aliphatic rings. The van der Waals surface area contributed by atoms with E-state index in [1.54, 1.807) is 44.4 Å². The molecule has 2 aromatic heterocycles. The van der Waals surface area contributed by atoms with Gasteiger partial charge in [0, 0.05) is 30.6 Å². The molecule has 0 atom stereocenters. The number of nitrogens with zero attached hydrogens (tertiary/aromatic N) is 1. The summed E-state index contributed by atoms with van der Waals surface area (Å²) in [4.78, 5) is 12.6. The van der Waals surface area contributed by atoms with Crippen LogP contribution in [0.3, 0.4) is 0 Å². The Morgan fingerprint density at radius 2 is 1.96 bits per heavy atom. The topological polar surface area (TPSA) is 78.5 Å². The van der Waals surface area contributed by atoms with Gasteiger partial charge < -0.3 is 13.7 Å². The van der Waals surface area contributed by atoms with E-state index in [1.807, 2.05) is 0 Å². The predicted octanol–water partition coefficient (Wildman–Crippen LogP) is 3.30. The molecule has 2 heterocycles. The molecule has 0 bridgehead atoms. The first-order valence-electron chi connectivity index (χ1n) is 8.81. The van der Waals surface area contributed by atoms with E-state index in [-0.39, 0.29) is 10.5 Å². The van der Waals surface area contributed by atoms with Crippen LogP contribution in [-0.4, -0.2) is 25.8 Å². The van der Waals surface area contributed by atoms with Crippen molar-refractivity contribution >= 4 is 20.8 Å². The van der Waals surface area contributed by atoms with E-state index in [0.29, 0.717) is 46.1 Å². The fraction of sp³-hybridized carbons (Fsp3) is 0.350. The summed E-state index contributed by atoms with van der Waals surface area (Å²) in [5.41, 5.74) is 1.52. The van der Waals surface area contributed by atoms with Crippen LogP contribution in [0.4, 0.5) is 0 Å². The van der Waals surface area contributed by atoms with Gasteiger partial charge in [-0.1, -0.05) is 0 Å². The van der Waals surface area contributed by atoms with Crippen LogP contribution in [-0.2, 0) is 16.9 Å². The van der Waals surface area contributed by atoms with Gasteiger partial charge in [-0.2, -0.15) is 0 Å². The van der Waals surface area contributed by atoms with Gasteiger partial charge in [0.15, 0.2) is 9.84 Å². The van der Waals surface area contributed by atoms with Gasteiger partial charge in [-0.25, -0.2) is 8.42 Å². The summed E-state index contributed by atoms with van der Waals surface area (Å²) in [5, 5.41) is 0.463. The van der Waals surface area contributed by atoms with Crippen molar-refractivity contribution < 1.29 is 17.6 Å². The SMILES string of the molecule is Cc1cc2c(=O)n(C)cc(-c3cc(S(C)(=O)=O)ccc3OCC3CC3)c2o1. The Hall–Kier alpha value is -2.54. The summed E-state index contributed by atoms with van der Waals surface area (Å²) in [5.74, 6) is 1.76. The lowest BCUT2D eigenvalue weighted by atomic mass is 10.0. The summed E-state index contributed by atoms with van der Waals surface area (Å²) in [6, 6.07) is 6.52. The molecule has 0 saturated heterocycles. The summed E-state index contributed by atoms with van der Waals surface area (Å²) < 4.78 is 37.4. The molecule has 0 aliphatic heterocycles. The first-order chi connectivity index (χ1) is 12.7. The van der Waals surface area contributed by atoms with Crippen LogP contribution in [0, 0.1) is 12.8 Å². The number of fused-ring (bicyclic) bond motifs is 1. The van der Waals surface area contributed by atoms with E-state index >= 15 is 0 Å². The van der Waals surface area contributed by atoms with Crippen LogP contribution in [0.15, 0.2) is 44.6 Å². The van der Waals surface area contributed by atoms with Gasteiger partial charge in [0.25, 0.3) is 5.56 Å². The number of ether oxygens (including phenoxy) is 1. The van der Waals surface area contributed by atoms with Crippen LogP contribution in [0.25, 0.3) is 22.1 Å². The second-order valence-corrected chi connectivity index (χ2v) is 9.26. The molecule has 0 N–H and O–H groups in total. The lowest BCUT2D eigenvalue weighted by molar-refractivity contribution is 0.301. The fourth-order valence-electron chi connectivity index (χ4n) is 3.13. The Bertz CT molecular complexity index is 1200. The Balaban J connectivity index is 1.97. The highest BCUT2D eigenvalue weighted by Gasteiger charge is 2.24. The number of hydrogen-bond donors (Lipinski definition) is 0. The highest BCUT2D eigenvalue weighted by atomic mass is 32.2. The molecule has 6 nitrogen and oxygen atoms in total. The summed E-state index contributed by atoms with van der Waals surface area (Å²) in [6.45, 7) is 2.37. The second kappa shape index (κ2) is 6.27. The standard InChI is InChI=1S/C20H21NO5S/c1-12-8-16-19(26-12)17(10-21(2)20(16)22)15-9-14(27(3,23)24)6-7-18(15)25-11-13-4-5-13/h6-10,13H,4-5,11H2,1-3H3. The zero-order valence-electron chi connectivity index (χ0n) is 15.5. The number of rotatable bonds is 5. The van der Waals surface area contributed by atoms with Crippen molar-refractivity contribution in [3.05, 3.63) is 46.6 Å². The van der Waals surface area contributed by atoms with Gasteiger partial charge in [0.2, 0.25) is 0 Å². The molecule has 7 heteroatoms. The molecule has 0 unspecified atom stereocenters. The van der Waals surface area contributed by atoms with Gasteiger partial charge in [-0.05, 0) is 49.9 Å². The lowest BCUT2D eigenvalue weighted by Gasteiger charge is -2.14. The molecule has 1 aromatic carbocycles. The molecule has 0 spiro atoms. The minimum Gasteiger partial charge on any atom is -0.493 e. The summed E-state index contributed by atoms with van der Waals surface area (Å²) in [6.07, 6.45) is 5.14. The first-order valence-corrected chi connectivity index (χ1v) is 10.7. The van der Waals surface area contributed by atoms with Gasteiger partial charge in [-0.15, -0.1) is 0 Å². The van der Waals surface area contributed by atoms with Crippen LogP contribution < -0.4 is 10.3 Å². The third-order valence-electron chi connectivity index (χ3n) is 4.81. The predicted molar refractivity (Wildman–Crippen MR) is 103 cm³/mol. The number of aryl methyl sites for hydroxylation is 2. The van der Waals surface area contributed by atoms with Gasteiger partial charge in [0.1, 0.15) is 17.1 Å². The van der Waals surface area contributed by atoms with Gasteiger partial charge in [-0.3, -0.25) is 4.79 Å². The Morgan fingerprint density at radius 3 is 2.63 bits per heavy atom. The van der Waals surface area contributed by atoms with Crippen molar-refractivity contribution in [3.8, 4) is 16.9 Å². The van der Waals surface area contributed by atoms with Crippen molar-refractivity contribution in [2.24, 2.45) is 13.0 Å². The monoisotopic (exact) mass is 387 g/mol. The van der Waals surface area contributed by atoms with Crippen molar-refractivity contribution in [1.29, 1.82) is 0 Å². The fourth-order valence-corrected chi connectivity index (χ4v) is 3.78. The van der Waals surface area contributed by atoms with E-state index in [1.165, 1.54) is 10.8 Å². The lowest BCUT2D eigenvalue weighted by Crippen LogP contribution is -2.16. The zero-order valence-corrected chi connectivity index (χ0v) is 16.3. The molecule has 4 rings (SSSR count). The Kier molecular flexibility index (Phi) is 4.14. The molecule has 1 fully saturated rings. The molecule has 3 aromatic rings. The number of furan rings is 1. The maximum absolute atomic E-state index is 12.4. The number of hydrogen-bond acceptors (Lipinski definition) is 5. The highest BCUT2D eigenvalue weighted by molar-refractivity contribution is 7.90. The van der Waals surface area contributed by atoms with Crippen molar-refractivity contribution in [3.63, 3.8) is 0 Å². The highest BCUT2D eigenvalue weighted by Crippen LogP contribution is 2.38. The van der Waals surface area contributed by atoms with Crippen molar-refractivity contribution in [1.82, 2.24) is 4.57 Å². The van der Waals surface area contributed by atoms with E-state index in [2.05, 4.69) is 0 Å². The molecular formula is C20H21NO5S. The summed E-state index contributed by atoms with van der Waals surface area (Å²) in [7, 11) is -1.72. The van der Waals surface area contributed by atoms with Gasteiger partial charge in [0.05, 0.1) is 16.9 Å². The third kappa shape index (κ3) is 3.39. The van der Waals surface area contributed by atoms with Crippen LogP contribution in [0.2, 0.25) is 0 Å². The van der Waals surface area contributed by atoms with Crippen LogP contribution in [0.1, 0.15) is 18.6 Å². The largest absolute Gasteiger partial charge is 0.493 e. The molecule has 142 valence electrons. The smallest absolute Gasteiger partial charge is 0.261 e. The molecule has 1 saturated carbocycles. The number of aromatic nitrogens is 1.